The molecule has 1 saturated carbocycles. The lowest BCUT2D eigenvalue weighted by atomic mass is 10.1. The van der Waals surface area contributed by atoms with E-state index in [2.05, 4.69) is 15.3 Å². The molecule has 1 aliphatic carbocycles. The Morgan fingerprint density at radius 2 is 2.19 bits per heavy atom. The Kier molecular flexibility index (Phi) is 6.55. The number of nitrogens with zero attached hydrogens (tertiary/aromatic N) is 2. The van der Waals surface area contributed by atoms with Gasteiger partial charge in [0.15, 0.2) is 5.65 Å². The Morgan fingerprint density at radius 1 is 1.38 bits per heavy atom. The zero-order chi connectivity index (χ0) is 22.7. The highest BCUT2D eigenvalue weighted by molar-refractivity contribution is 6.05. The molecule has 9 nitrogen and oxygen atoms in total. The summed E-state index contributed by atoms with van der Waals surface area (Å²) in [6.07, 6.45) is 4.18. The summed E-state index contributed by atoms with van der Waals surface area (Å²) in [7, 11) is 0. The van der Waals surface area contributed by atoms with Gasteiger partial charge in [0.25, 0.3) is 11.5 Å². The predicted octanol–water partition coefficient (Wildman–Crippen LogP) is 2.55. The smallest absolute Gasteiger partial charge is 0.330 e. The van der Waals surface area contributed by atoms with Gasteiger partial charge in [-0.1, -0.05) is 13.8 Å². The molecule has 0 unspecified atom stereocenters. The monoisotopic (exact) mass is 440 g/mol. The van der Waals surface area contributed by atoms with Crippen molar-refractivity contribution >= 4 is 16.9 Å². The summed E-state index contributed by atoms with van der Waals surface area (Å²) < 4.78 is 12.2. The van der Waals surface area contributed by atoms with Crippen LogP contribution in [-0.2, 0) is 17.9 Å². The maximum atomic E-state index is 13.0. The number of carbonyl (C=O) groups is 1. The van der Waals surface area contributed by atoms with Crippen LogP contribution in [0.15, 0.2) is 38.5 Å². The number of amides is 1. The number of carbonyl (C=O) groups excluding carboxylic acids is 1. The van der Waals surface area contributed by atoms with Crippen molar-refractivity contribution in [1.82, 2.24) is 19.9 Å². The van der Waals surface area contributed by atoms with E-state index in [-0.39, 0.29) is 34.3 Å². The van der Waals surface area contributed by atoms with Crippen LogP contribution in [0.1, 0.15) is 60.8 Å². The fourth-order valence-corrected chi connectivity index (χ4v) is 3.63. The molecule has 0 radical (unpaired) electrons. The summed E-state index contributed by atoms with van der Waals surface area (Å²) in [4.78, 5) is 45.1. The average molecular weight is 441 g/mol. The summed E-state index contributed by atoms with van der Waals surface area (Å²) in [5.41, 5.74) is 0.200. The second-order valence-corrected chi connectivity index (χ2v) is 8.57. The molecule has 1 amide bonds. The largest absolute Gasteiger partial charge is 0.467 e. The van der Waals surface area contributed by atoms with Crippen molar-refractivity contribution in [3.8, 4) is 0 Å². The third kappa shape index (κ3) is 4.99. The average Bonchev–Trinajstić information content (AvgIpc) is 3.48. The van der Waals surface area contributed by atoms with E-state index in [1.807, 2.05) is 19.9 Å². The van der Waals surface area contributed by atoms with Gasteiger partial charge in [0.2, 0.25) is 0 Å². The van der Waals surface area contributed by atoms with Gasteiger partial charge in [-0.25, -0.2) is 9.78 Å². The van der Waals surface area contributed by atoms with Crippen LogP contribution in [0.3, 0.4) is 0 Å². The van der Waals surface area contributed by atoms with Gasteiger partial charge in [-0.05, 0) is 43.4 Å². The molecule has 3 aromatic rings. The summed E-state index contributed by atoms with van der Waals surface area (Å²) >= 11 is 0. The molecule has 0 bridgehead atoms. The molecule has 32 heavy (non-hydrogen) atoms. The van der Waals surface area contributed by atoms with E-state index < -0.39 is 11.2 Å². The summed E-state index contributed by atoms with van der Waals surface area (Å²) in [6.45, 7) is 5.60. The molecule has 1 aliphatic rings. The predicted molar refractivity (Wildman–Crippen MR) is 119 cm³/mol. The highest BCUT2D eigenvalue weighted by Crippen LogP contribution is 2.39. The maximum Gasteiger partial charge on any atom is 0.330 e. The van der Waals surface area contributed by atoms with E-state index in [1.54, 1.807) is 18.4 Å². The molecule has 9 heteroatoms. The van der Waals surface area contributed by atoms with Crippen LogP contribution in [0.2, 0.25) is 0 Å². The van der Waals surface area contributed by atoms with Gasteiger partial charge in [0, 0.05) is 31.3 Å². The van der Waals surface area contributed by atoms with Gasteiger partial charge in [-0.15, -0.1) is 0 Å². The van der Waals surface area contributed by atoms with Crippen molar-refractivity contribution in [2.45, 2.75) is 52.2 Å². The van der Waals surface area contributed by atoms with Crippen molar-refractivity contribution in [3.05, 3.63) is 62.3 Å². The van der Waals surface area contributed by atoms with E-state index in [0.717, 1.165) is 24.3 Å². The van der Waals surface area contributed by atoms with Gasteiger partial charge < -0.3 is 14.5 Å². The summed E-state index contributed by atoms with van der Waals surface area (Å²) in [5, 5.41) is 3.02. The lowest BCUT2D eigenvalue weighted by Crippen LogP contribution is -2.34. The fourth-order valence-electron chi connectivity index (χ4n) is 3.63. The third-order valence-corrected chi connectivity index (χ3v) is 5.33. The molecule has 3 heterocycles. The lowest BCUT2D eigenvalue weighted by molar-refractivity contribution is 0.0918. The molecular formula is C23H28N4O5. The standard InChI is InChI=1S/C23H28N4O5/c1-14(2)12-27-20-19(22(29)26-23(27)30)17(11-18(25-20)15-6-7-15)21(28)24-8-4-9-31-13-16-5-3-10-32-16/h3,5,10-11,14-15H,4,6-9,12-13H2,1-2H3,(H,24,28)(H,26,29,30). The van der Waals surface area contributed by atoms with Gasteiger partial charge >= 0.3 is 5.69 Å². The topological polar surface area (TPSA) is 119 Å². The number of furan rings is 1. The lowest BCUT2D eigenvalue weighted by Gasteiger charge is -2.14. The maximum absolute atomic E-state index is 13.0. The number of hydrogen-bond acceptors (Lipinski definition) is 6. The Morgan fingerprint density at radius 3 is 2.88 bits per heavy atom. The minimum absolute atomic E-state index is 0.154. The van der Waals surface area contributed by atoms with Crippen molar-refractivity contribution in [3.63, 3.8) is 0 Å². The first-order valence-electron chi connectivity index (χ1n) is 11.0. The zero-order valence-electron chi connectivity index (χ0n) is 18.3. The quantitative estimate of drug-likeness (QED) is 0.468. The van der Waals surface area contributed by atoms with Crippen molar-refractivity contribution in [1.29, 1.82) is 0 Å². The van der Waals surface area contributed by atoms with Crippen molar-refractivity contribution in [2.24, 2.45) is 5.92 Å². The molecule has 0 spiro atoms. The molecule has 2 N–H and O–H groups in total. The molecule has 0 aromatic carbocycles. The number of H-pyrrole nitrogens is 1. The Hall–Kier alpha value is -3.20. The second kappa shape index (κ2) is 9.52. The first kappa shape index (κ1) is 22.0. The number of hydrogen-bond donors (Lipinski definition) is 2. The van der Waals surface area contributed by atoms with Crippen LogP contribution in [0, 0.1) is 5.92 Å². The van der Waals surface area contributed by atoms with Crippen LogP contribution in [-0.4, -0.2) is 33.6 Å². The zero-order valence-corrected chi connectivity index (χ0v) is 18.3. The molecule has 3 aromatic heterocycles. The SMILES string of the molecule is CC(C)Cn1c(=O)[nH]c(=O)c2c(C(=O)NCCCOCc3ccco3)cc(C3CC3)nc21. The number of pyridine rings is 1. The van der Waals surface area contributed by atoms with Crippen molar-refractivity contribution in [2.75, 3.05) is 13.2 Å². The highest BCUT2D eigenvalue weighted by Gasteiger charge is 2.28. The molecular weight excluding hydrogens is 412 g/mol. The Bertz CT molecular complexity index is 1210. The number of aromatic amines is 1. The molecule has 1 fully saturated rings. The molecule has 0 atom stereocenters. The number of aromatic nitrogens is 3. The fraction of sp³-hybridized carbons (Fsp3) is 0.478. The molecule has 0 aliphatic heterocycles. The summed E-state index contributed by atoms with van der Waals surface area (Å²) in [5.74, 6) is 0.830. The number of fused-ring (bicyclic) bond motifs is 1. The number of nitrogens with one attached hydrogen (secondary N) is 2. The van der Waals surface area contributed by atoms with Gasteiger partial charge in [-0.3, -0.25) is 19.1 Å². The van der Waals surface area contributed by atoms with Gasteiger partial charge in [0.1, 0.15) is 12.4 Å². The van der Waals surface area contributed by atoms with E-state index in [9.17, 15) is 14.4 Å². The van der Waals surface area contributed by atoms with Crippen LogP contribution in [0.4, 0.5) is 0 Å². The summed E-state index contributed by atoms with van der Waals surface area (Å²) in [6, 6.07) is 5.34. The Labute approximate surface area is 184 Å². The first-order valence-corrected chi connectivity index (χ1v) is 11.0. The van der Waals surface area contributed by atoms with E-state index >= 15 is 0 Å². The number of ether oxygens (including phenoxy) is 1. The third-order valence-electron chi connectivity index (χ3n) is 5.33. The van der Waals surface area contributed by atoms with E-state index in [0.29, 0.717) is 32.7 Å². The minimum Gasteiger partial charge on any atom is -0.467 e. The van der Waals surface area contributed by atoms with Gasteiger partial charge in [0.05, 0.1) is 17.2 Å². The van der Waals surface area contributed by atoms with Crippen LogP contribution >= 0.6 is 0 Å². The van der Waals surface area contributed by atoms with Crippen LogP contribution in [0.25, 0.3) is 11.0 Å². The van der Waals surface area contributed by atoms with Gasteiger partial charge in [-0.2, -0.15) is 0 Å². The van der Waals surface area contributed by atoms with Crippen LogP contribution < -0.4 is 16.6 Å². The van der Waals surface area contributed by atoms with E-state index in [1.165, 1.54) is 4.57 Å². The Balaban J connectivity index is 1.53. The first-order chi connectivity index (χ1) is 15.4. The van der Waals surface area contributed by atoms with Crippen LogP contribution in [0.5, 0.6) is 0 Å². The number of rotatable bonds is 10. The molecule has 4 rings (SSSR count). The minimum atomic E-state index is -0.591. The molecule has 0 saturated heterocycles. The van der Waals surface area contributed by atoms with Crippen molar-refractivity contribution < 1.29 is 13.9 Å². The highest BCUT2D eigenvalue weighted by atomic mass is 16.5. The second-order valence-electron chi connectivity index (χ2n) is 8.57. The molecule has 170 valence electrons. The van der Waals surface area contributed by atoms with E-state index in [4.69, 9.17) is 9.15 Å². The normalized spacial score (nSPS) is 13.7.